The van der Waals surface area contributed by atoms with Gasteiger partial charge in [-0.25, -0.2) is 0 Å². The van der Waals surface area contributed by atoms with Gasteiger partial charge in [0.15, 0.2) is 0 Å². The van der Waals surface area contributed by atoms with Gasteiger partial charge in [0.05, 0.1) is 5.69 Å². The molecular weight excluding hydrogens is 312 g/mol. The Kier molecular flexibility index (Phi) is 4.17. The molecule has 1 fully saturated rings. The van der Waals surface area contributed by atoms with Crippen LogP contribution in [0.3, 0.4) is 0 Å². The minimum Gasteiger partial charge on any atom is -0.337 e. The van der Waals surface area contributed by atoms with Gasteiger partial charge < -0.3 is 10.6 Å². The molecule has 2 aromatic rings. The Morgan fingerprint density at radius 3 is 2.74 bits per heavy atom. The van der Waals surface area contributed by atoms with Crippen molar-refractivity contribution in [1.29, 1.82) is 0 Å². The highest BCUT2D eigenvalue weighted by atomic mass is 35.5. The van der Waals surface area contributed by atoms with E-state index in [1.54, 1.807) is 6.07 Å². The van der Waals surface area contributed by atoms with Gasteiger partial charge in [0, 0.05) is 29.7 Å². The molecular formula is C17H21ClN4O. The molecule has 1 aliphatic rings. The summed E-state index contributed by atoms with van der Waals surface area (Å²) in [6, 6.07) is 9.29. The molecule has 122 valence electrons. The Labute approximate surface area is 140 Å². The summed E-state index contributed by atoms with van der Waals surface area (Å²) in [5.74, 6) is -0.0299. The molecule has 6 heteroatoms. The smallest absolute Gasteiger partial charge is 0.271 e. The van der Waals surface area contributed by atoms with Crippen molar-refractivity contribution < 1.29 is 4.79 Å². The summed E-state index contributed by atoms with van der Waals surface area (Å²) >= 11 is 5.90. The van der Waals surface area contributed by atoms with Crippen molar-refractivity contribution in [1.82, 2.24) is 15.1 Å². The molecule has 1 atom stereocenters. The van der Waals surface area contributed by atoms with Crippen LogP contribution in [0.4, 0.5) is 0 Å². The van der Waals surface area contributed by atoms with E-state index < -0.39 is 0 Å². The third-order valence-corrected chi connectivity index (χ3v) is 4.80. The average molecular weight is 333 g/mol. The van der Waals surface area contributed by atoms with Gasteiger partial charge in [0.1, 0.15) is 5.69 Å². The maximum absolute atomic E-state index is 12.7. The number of rotatable bonds is 2. The summed E-state index contributed by atoms with van der Waals surface area (Å²) in [5, 5.41) is 7.77. The topological polar surface area (TPSA) is 75.0 Å². The zero-order chi connectivity index (χ0) is 16.6. The molecule has 0 spiro atoms. The quantitative estimate of drug-likeness (QED) is 0.887. The molecule has 3 N–H and O–H groups in total. The lowest BCUT2D eigenvalue weighted by Gasteiger charge is -2.42. The number of H-pyrrole nitrogens is 1. The predicted octanol–water partition coefficient (Wildman–Crippen LogP) is 2.93. The maximum atomic E-state index is 12.7. The van der Waals surface area contributed by atoms with Crippen molar-refractivity contribution in [2.75, 3.05) is 13.1 Å². The van der Waals surface area contributed by atoms with E-state index in [4.69, 9.17) is 17.3 Å². The SMILES string of the molecule is CC1(C)CN(C(=O)c2cc(-c3ccc(Cl)cc3)n[nH]2)CCC1N. The number of likely N-dealkylation sites (tertiary alicyclic amines) is 1. The summed E-state index contributed by atoms with van der Waals surface area (Å²) in [4.78, 5) is 14.5. The second-order valence-electron chi connectivity index (χ2n) is 6.78. The fourth-order valence-electron chi connectivity index (χ4n) is 2.92. The number of aromatic amines is 1. The van der Waals surface area contributed by atoms with Gasteiger partial charge in [-0.3, -0.25) is 9.89 Å². The van der Waals surface area contributed by atoms with Crippen LogP contribution in [0.25, 0.3) is 11.3 Å². The molecule has 23 heavy (non-hydrogen) atoms. The van der Waals surface area contributed by atoms with Gasteiger partial charge in [-0.15, -0.1) is 0 Å². The van der Waals surface area contributed by atoms with Gasteiger partial charge in [0.2, 0.25) is 0 Å². The Hall–Kier alpha value is -1.85. The van der Waals surface area contributed by atoms with Crippen LogP contribution in [0.5, 0.6) is 0 Å². The first-order valence-corrected chi connectivity index (χ1v) is 8.11. The van der Waals surface area contributed by atoms with Crippen molar-refractivity contribution in [2.45, 2.75) is 26.3 Å². The Morgan fingerprint density at radius 2 is 2.09 bits per heavy atom. The summed E-state index contributed by atoms with van der Waals surface area (Å²) < 4.78 is 0. The van der Waals surface area contributed by atoms with Crippen molar-refractivity contribution in [2.24, 2.45) is 11.1 Å². The van der Waals surface area contributed by atoms with E-state index >= 15 is 0 Å². The molecule has 1 aliphatic heterocycles. The highest BCUT2D eigenvalue weighted by Gasteiger charge is 2.36. The predicted molar refractivity (Wildman–Crippen MR) is 91.3 cm³/mol. The van der Waals surface area contributed by atoms with E-state index in [0.717, 1.165) is 17.7 Å². The monoisotopic (exact) mass is 332 g/mol. The molecule has 1 aromatic carbocycles. The molecule has 1 unspecified atom stereocenters. The van der Waals surface area contributed by atoms with Crippen molar-refractivity contribution >= 4 is 17.5 Å². The number of benzene rings is 1. The first kappa shape index (κ1) is 16.0. The minimum absolute atomic E-state index is 0.0299. The van der Waals surface area contributed by atoms with Crippen molar-refractivity contribution in [3.8, 4) is 11.3 Å². The van der Waals surface area contributed by atoms with E-state index in [1.165, 1.54) is 0 Å². The molecule has 1 saturated heterocycles. The number of carbonyl (C=O) groups is 1. The average Bonchev–Trinajstić information content (AvgIpc) is 3.00. The van der Waals surface area contributed by atoms with Gasteiger partial charge in [0.25, 0.3) is 5.91 Å². The number of hydrogen-bond donors (Lipinski definition) is 2. The molecule has 5 nitrogen and oxygen atoms in total. The highest BCUT2D eigenvalue weighted by molar-refractivity contribution is 6.30. The van der Waals surface area contributed by atoms with Gasteiger partial charge >= 0.3 is 0 Å². The number of nitrogens with one attached hydrogen (secondary N) is 1. The van der Waals surface area contributed by atoms with Crippen LogP contribution in [0, 0.1) is 5.41 Å². The number of piperidine rings is 1. The third-order valence-electron chi connectivity index (χ3n) is 4.55. The molecule has 1 amide bonds. The molecule has 0 radical (unpaired) electrons. The summed E-state index contributed by atoms with van der Waals surface area (Å²) in [7, 11) is 0. The van der Waals surface area contributed by atoms with E-state index in [1.807, 2.05) is 29.2 Å². The molecule has 0 aliphatic carbocycles. The van der Waals surface area contributed by atoms with Crippen LogP contribution in [-0.4, -0.2) is 40.1 Å². The lowest BCUT2D eigenvalue weighted by atomic mass is 9.79. The van der Waals surface area contributed by atoms with Crippen LogP contribution in [0.15, 0.2) is 30.3 Å². The molecule has 3 rings (SSSR count). The number of hydrogen-bond acceptors (Lipinski definition) is 3. The van der Waals surface area contributed by atoms with E-state index in [0.29, 0.717) is 23.8 Å². The van der Waals surface area contributed by atoms with Gasteiger partial charge in [-0.2, -0.15) is 5.10 Å². The van der Waals surface area contributed by atoms with E-state index in [-0.39, 0.29) is 17.4 Å². The third kappa shape index (κ3) is 3.26. The van der Waals surface area contributed by atoms with Crippen LogP contribution < -0.4 is 5.73 Å². The first-order valence-electron chi connectivity index (χ1n) is 7.73. The molecule has 2 heterocycles. The number of amides is 1. The lowest BCUT2D eigenvalue weighted by molar-refractivity contribution is 0.0527. The Morgan fingerprint density at radius 1 is 1.39 bits per heavy atom. The van der Waals surface area contributed by atoms with Crippen molar-refractivity contribution in [3.05, 3.63) is 41.0 Å². The van der Waals surface area contributed by atoms with Crippen LogP contribution in [0.1, 0.15) is 30.8 Å². The van der Waals surface area contributed by atoms with Crippen LogP contribution >= 0.6 is 11.6 Å². The first-order chi connectivity index (χ1) is 10.9. The summed E-state index contributed by atoms with van der Waals surface area (Å²) in [6.45, 7) is 5.54. The highest BCUT2D eigenvalue weighted by Crippen LogP contribution is 2.29. The Bertz CT molecular complexity index is 708. The number of aromatic nitrogens is 2. The van der Waals surface area contributed by atoms with Crippen LogP contribution in [-0.2, 0) is 0 Å². The number of nitrogens with two attached hydrogens (primary N) is 1. The normalized spacial score (nSPS) is 20.5. The number of nitrogens with zero attached hydrogens (tertiary/aromatic N) is 2. The number of carbonyl (C=O) groups excluding carboxylic acids is 1. The molecule has 0 bridgehead atoms. The molecule has 1 aromatic heterocycles. The largest absolute Gasteiger partial charge is 0.337 e. The maximum Gasteiger partial charge on any atom is 0.271 e. The fraction of sp³-hybridized carbons (Fsp3) is 0.412. The van der Waals surface area contributed by atoms with E-state index in [9.17, 15) is 4.79 Å². The summed E-state index contributed by atoms with van der Waals surface area (Å²) in [5.41, 5.74) is 8.22. The fourth-order valence-corrected chi connectivity index (χ4v) is 3.04. The zero-order valence-electron chi connectivity index (χ0n) is 13.3. The van der Waals surface area contributed by atoms with Gasteiger partial charge in [-0.05, 0) is 30.0 Å². The minimum atomic E-state index is -0.0764. The Balaban J connectivity index is 1.77. The number of halogens is 1. The molecule has 0 saturated carbocycles. The van der Waals surface area contributed by atoms with Crippen LogP contribution in [0.2, 0.25) is 5.02 Å². The standard InChI is InChI=1S/C17H21ClN4O/c1-17(2)10-22(8-7-15(17)19)16(23)14-9-13(20-21-14)11-3-5-12(18)6-4-11/h3-6,9,15H,7-8,10,19H2,1-2H3,(H,20,21). The summed E-state index contributed by atoms with van der Waals surface area (Å²) in [6.07, 6.45) is 0.816. The second-order valence-corrected chi connectivity index (χ2v) is 7.22. The van der Waals surface area contributed by atoms with Gasteiger partial charge in [-0.1, -0.05) is 37.6 Å². The van der Waals surface area contributed by atoms with E-state index in [2.05, 4.69) is 24.0 Å². The lowest BCUT2D eigenvalue weighted by Crippen LogP contribution is -2.54. The van der Waals surface area contributed by atoms with Crippen molar-refractivity contribution in [3.63, 3.8) is 0 Å². The zero-order valence-corrected chi connectivity index (χ0v) is 14.1. The second kappa shape index (κ2) is 5.98.